The van der Waals surface area contributed by atoms with Crippen LogP contribution in [-0.4, -0.2) is 54.7 Å². The highest BCUT2D eigenvalue weighted by Crippen LogP contribution is 2.43. The van der Waals surface area contributed by atoms with Gasteiger partial charge in [-0.25, -0.2) is 9.97 Å². The van der Waals surface area contributed by atoms with Gasteiger partial charge in [0, 0.05) is 11.8 Å². The molecule has 1 fully saturated rings. The van der Waals surface area contributed by atoms with Crippen LogP contribution in [0.15, 0.2) is 12.5 Å². The van der Waals surface area contributed by atoms with Gasteiger partial charge >= 0.3 is 0 Å². The second-order valence-corrected chi connectivity index (χ2v) is 5.13. The lowest BCUT2D eigenvalue weighted by Crippen LogP contribution is -2.42. The van der Waals surface area contributed by atoms with Crippen LogP contribution in [0, 0.1) is 0 Å². The molecule has 6 N–H and O–H groups in total. The van der Waals surface area contributed by atoms with E-state index in [2.05, 4.69) is 15.0 Å². The molecule has 8 heteroatoms. The Morgan fingerprint density at radius 1 is 1.50 bits per heavy atom. The average molecular weight is 280 g/mol. The Labute approximate surface area is 114 Å². The standard InChI is InChI=1S/C12H16N4O4/c1-12(19)9(18)6(3-17)20-10(12)5-2-14-8-7(5)15-4-16-11(8)13/h2,4,6,9-10,14,17-19H,3H2,1H3,(H2,13,15,16)/t6?,9-,10+,12-/m1/s1. The molecule has 4 atom stereocenters. The van der Waals surface area contributed by atoms with Gasteiger partial charge in [0.2, 0.25) is 0 Å². The van der Waals surface area contributed by atoms with Crippen molar-refractivity contribution >= 4 is 16.9 Å². The van der Waals surface area contributed by atoms with Crippen molar-refractivity contribution in [3.05, 3.63) is 18.1 Å². The zero-order valence-corrected chi connectivity index (χ0v) is 10.8. The zero-order valence-electron chi connectivity index (χ0n) is 10.8. The quantitative estimate of drug-likeness (QED) is 0.480. The molecule has 0 bridgehead atoms. The second kappa shape index (κ2) is 4.38. The van der Waals surface area contributed by atoms with Crippen molar-refractivity contribution in [1.82, 2.24) is 15.0 Å². The highest BCUT2D eigenvalue weighted by Gasteiger charge is 2.53. The van der Waals surface area contributed by atoms with E-state index in [1.54, 1.807) is 6.20 Å². The van der Waals surface area contributed by atoms with E-state index < -0.39 is 23.9 Å². The van der Waals surface area contributed by atoms with Crippen LogP contribution in [-0.2, 0) is 4.74 Å². The summed E-state index contributed by atoms with van der Waals surface area (Å²) in [6.07, 6.45) is 0.0680. The van der Waals surface area contributed by atoms with Crippen LogP contribution in [0.1, 0.15) is 18.6 Å². The molecule has 0 spiro atoms. The molecule has 0 saturated carbocycles. The van der Waals surface area contributed by atoms with Crippen LogP contribution in [0.5, 0.6) is 0 Å². The van der Waals surface area contributed by atoms with E-state index in [9.17, 15) is 15.3 Å². The van der Waals surface area contributed by atoms with E-state index in [1.165, 1.54) is 13.3 Å². The Kier molecular flexibility index (Phi) is 2.91. The Bertz CT molecular complexity index is 641. The predicted octanol–water partition coefficient (Wildman–Crippen LogP) is -0.916. The van der Waals surface area contributed by atoms with E-state index in [-0.39, 0.29) is 12.4 Å². The molecular formula is C12H16N4O4. The summed E-state index contributed by atoms with van der Waals surface area (Å²) in [4.78, 5) is 10.9. The van der Waals surface area contributed by atoms with Crippen LogP contribution in [0.2, 0.25) is 0 Å². The van der Waals surface area contributed by atoms with Crippen LogP contribution >= 0.6 is 0 Å². The molecular weight excluding hydrogens is 264 g/mol. The average Bonchev–Trinajstić information content (AvgIpc) is 2.92. The minimum Gasteiger partial charge on any atom is -0.394 e. The number of aromatic amines is 1. The number of anilines is 1. The number of H-pyrrole nitrogens is 1. The third-order valence-corrected chi connectivity index (χ3v) is 3.78. The largest absolute Gasteiger partial charge is 0.394 e. The van der Waals surface area contributed by atoms with Gasteiger partial charge < -0.3 is 30.8 Å². The lowest BCUT2D eigenvalue weighted by molar-refractivity contribution is -0.0641. The third-order valence-electron chi connectivity index (χ3n) is 3.78. The summed E-state index contributed by atoms with van der Waals surface area (Å²) in [7, 11) is 0. The molecule has 20 heavy (non-hydrogen) atoms. The first-order chi connectivity index (χ1) is 9.46. The number of hydrogen-bond donors (Lipinski definition) is 5. The molecule has 8 nitrogen and oxygen atoms in total. The fourth-order valence-electron chi connectivity index (χ4n) is 2.63. The first kappa shape index (κ1) is 13.3. The number of nitrogens with two attached hydrogens (primary N) is 1. The van der Waals surface area contributed by atoms with Crippen molar-refractivity contribution in [1.29, 1.82) is 0 Å². The molecule has 0 amide bonds. The number of nitrogen functional groups attached to an aromatic ring is 1. The number of nitrogens with zero attached hydrogens (tertiary/aromatic N) is 2. The monoisotopic (exact) mass is 280 g/mol. The van der Waals surface area contributed by atoms with Gasteiger partial charge in [0.05, 0.1) is 12.1 Å². The number of aliphatic hydroxyl groups is 3. The zero-order chi connectivity index (χ0) is 14.5. The Morgan fingerprint density at radius 2 is 2.25 bits per heavy atom. The molecule has 1 aliphatic heterocycles. The summed E-state index contributed by atoms with van der Waals surface area (Å²) in [6, 6.07) is 0. The second-order valence-electron chi connectivity index (χ2n) is 5.13. The molecule has 2 aromatic heterocycles. The topological polar surface area (TPSA) is 138 Å². The first-order valence-electron chi connectivity index (χ1n) is 6.21. The van der Waals surface area contributed by atoms with Gasteiger partial charge in [0.15, 0.2) is 5.82 Å². The number of rotatable bonds is 2. The molecule has 0 aliphatic carbocycles. The van der Waals surface area contributed by atoms with E-state index in [0.717, 1.165) is 0 Å². The summed E-state index contributed by atoms with van der Waals surface area (Å²) >= 11 is 0. The van der Waals surface area contributed by atoms with Gasteiger partial charge in [-0.15, -0.1) is 0 Å². The van der Waals surface area contributed by atoms with Gasteiger partial charge in [0.25, 0.3) is 0 Å². The number of ether oxygens (including phenoxy) is 1. The summed E-state index contributed by atoms with van der Waals surface area (Å²) in [6.45, 7) is 1.08. The molecule has 1 unspecified atom stereocenters. The SMILES string of the molecule is C[C@@]1(O)[C@H](O)C(CO)O[C@H]1c1c[nH]c2c(N)ncnc12. The molecule has 0 radical (unpaired) electrons. The number of hydrogen-bond acceptors (Lipinski definition) is 7. The molecule has 1 aliphatic rings. The van der Waals surface area contributed by atoms with Gasteiger partial charge in [-0.1, -0.05) is 0 Å². The summed E-state index contributed by atoms with van der Waals surface area (Å²) in [5.74, 6) is 0.290. The highest BCUT2D eigenvalue weighted by atomic mass is 16.6. The number of aromatic nitrogens is 3. The minimum absolute atomic E-state index is 0.290. The van der Waals surface area contributed by atoms with Crippen molar-refractivity contribution < 1.29 is 20.1 Å². The summed E-state index contributed by atoms with van der Waals surface area (Å²) in [5, 5.41) is 29.7. The molecule has 1 saturated heterocycles. The maximum absolute atomic E-state index is 10.5. The minimum atomic E-state index is -1.54. The first-order valence-corrected chi connectivity index (χ1v) is 6.21. The van der Waals surface area contributed by atoms with Crippen molar-refractivity contribution in [3.63, 3.8) is 0 Å². The maximum atomic E-state index is 10.5. The van der Waals surface area contributed by atoms with Crippen LogP contribution < -0.4 is 5.73 Å². The Morgan fingerprint density at radius 3 is 2.90 bits per heavy atom. The third kappa shape index (κ3) is 1.70. The van der Waals surface area contributed by atoms with Crippen molar-refractivity contribution in [2.75, 3.05) is 12.3 Å². The highest BCUT2D eigenvalue weighted by molar-refractivity contribution is 5.87. The van der Waals surface area contributed by atoms with Crippen LogP contribution in [0.25, 0.3) is 11.0 Å². The van der Waals surface area contributed by atoms with Crippen molar-refractivity contribution in [2.24, 2.45) is 0 Å². The van der Waals surface area contributed by atoms with E-state index in [4.69, 9.17) is 10.5 Å². The lowest BCUT2D eigenvalue weighted by atomic mass is 9.89. The molecule has 3 heterocycles. The lowest BCUT2D eigenvalue weighted by Gasteiger charge is -2.26. The predicted molar refractivity (Wildman–Crippen MR) is 69.6 cm³/mol. The summed E-state index contributed by atoms with van der Waals surface area (Å²) < 4.78 is 5.56. The molecule has 3 rings (SSSR count). The molecule has 0 aromatic carbocycles. The number of aliphatic hydroxyl groups excluding tert-OH is 2. The number of fused-ring (bicyclic) bond motifs is 1. The Balaban J connectivity index is 2.10. The summed E-state index contributed by atoms with van der Waals surface area (Å²) in [5.41, 5.74) is 5.83. The fraction of sp³-hybridized carbons (Fsp3) is 0.500. The Hall–Kier alpha value is -1.74. The van der Waals surface area contributed by atoms with Crippen molar-refractivity contribution in [2.45, 2.75) is 30.8 Å². The van der Waals surface area contributed by atoms with Crippen molar-refractivity contribution in [3.8, 4) is 0 Å². The maximum Gasteiger partial charge on any atom is 0.151 e. The van der Waals surface area contributed by atoms with Crippen LogP contribution in [0.4, 0.5) is 5.82 Å². The smallest absolute Gasteiger partial charge is 0.151 e. The number of nitrogens with one attached hydrogen (secondary N) is 1. The van der Waals surface area contributed by atoms with Gasteiger partial charge in [-0.05, 0) is 6.92 Å². The van der Waals surface area contributed by atoms with Gasteiger partial charge in [0.1, 0.15) is 35.8 Å². The molecule has 2 aromatic rings. The fourth-order valence-corrected chi connectivity index (χ4v) is 2.63. The van der Waals surface area contributed by atoms with E-state index in [1.807, 2.05) is 0 Å². The van der Waals surface area contributed by atoms with Crippen LogP contribution in [0.3, 0.4) is 0 Å². The molecule has 108 valence electrons. The van der Waals surface area contributed by atoms with Gasteiger partial charge in [-0.3, -0.25) is 0 Å². The normalized spacial score (nSPS) is 33.9. The van der Waals surface area contributed by atoms with Gasteiger partial charge in [-0.2, -0.15) is 0 Å². The van der Waals surface area contributed by atoms with E-state index >= 15 is 0 Å². The van der Waals surface area contributed by atoms with E-state index in [0.29, 0.717) is 16.6 Å².